The van der Waals surface area contributed by atoms with Crippen LogP contribution in [-0.4, -0.2) is 43.6 Å². The Balaban J connectivity index is -0.0000000450. The van der Waals surface area contributed by atoms with Crippen molar-refractivity contribution in [3.05, 3.63) is 0 Å². The van der Waals surface area contributed by atoms with E-state index in [1.807, 2.05) is 0 Å². The van der Waals surface area contributed by atoms with Gasteiger partial charge in [0.1, 0.15) is 0 Å². The van der Waals surface area contributed by atoms with Crippen molar-refractivity contribution in [1.29, 1.82) is 0 Å². The molecule has 2 nitrogen and oxygen atoms in total. The van der Waals surface area contributed by atoms with E-state index in [-0.39, 0.29) is 56.1 Å². The van der Waals surface area contributed by atoms with Gasteiger partial charge in [-0.15, -0.1) is 12.4 Å². The number of nitrogens with two attached hydrogens (primary N) is 1. The zero-order chi connectivity index (χ0) is 3.58. The summed E-state index contributed by atoms with van der Waals surface area (Å²) in [6.07, 6.45) is 0. The van der Waals surface area contributed by atoms with E-state index in [4.69, 9.17) is 0 Å². The van der Waals surface area contributed by atoms with E-state index in [0.29, 0.717) is 0 Å². The van der Waals surface area contributed by atoms with E-state index in [1.165, 1.54) is 6.92 Å². The molecule has 0 unspecified atom stereocenters. The fourth-order valence-corrected chi connectivity index (χ4v) is 0. The first-order valence-electron chi connectivity index (χ1n) is 0.993. The summed E-state index contributed by atoms with van der Waals surface area (Å²) in [7, 11) is 0. The van der Waals surface area contributed by atoms with Crippen LogP contribution in [0.4, 0.5) is 0 Å². The van der Waals surface area contributed by atoms with Crippen LogP contribution in [0.15, 0.2) is 0 Å². The molecule has 0 spiro atoms. The first-order valence-corrected chi connectivity index (χ1v) is 0.993. The van der Waals surface area contributed by atoms with Gasteiger partial charge in [0.15, 0.2) is 0 Å². The molecule has 0 atom stereocenters. The van der Waals surface area contributed by atoms with E-state index in [9.17, 15) is 4.79 Å². The maximum absolute atomic E-state index is 9.22. The van der Waals surface area contributed by atoms with Crippen LogP contribution in [0.2, 0.25) is 0 Å². The van der Waals surface area contributed by atoms with Crippen molar-refractivity contribution in [3.63, 3.8) is 0 Å². The van der Waals surface area contributed by atoms with Crippen LogP contribution in [0.25, 0.3) is 0 Å². The fourth-order valence-electron chi connectivity index (χ4n) is 0. The molecule has 0 saturated carbocycles. The van der Waals surface area contributed by atoms with Gasteiger partial charge in [-0.1, -0.05) is 0 Å². The number of primary amides is 1. The summed E-state index contributed by atoms with van der Waals surface area (Å²) in [5.74, 6) is -0.333. The van der Waals surface area contributed by atoms with Crippen LogP contribution in [0.1, 0.15) is 6.92 Å². The summed E-state index contributed by atoms with van der Waals surface area (Å²) in [5, 5.41) is 0. The molecule has 0 aliphatic carbocycles. The quantitative estimate of drug-likeness (QED) is 0.428. The third-order valence-electron chi connectivity index (χ3n) is 0. The molecule has 0 radical (unpaired) electrons. The minimum absolute atomic E-state index is 0. The van der Waals surface area contributed by atoms with Crippen molar-refractivity contribution in [2.45, 2.75) is 6.92 Å². The maximum atomic E-state index is 9.22. The summed E-state index contributed by atoms with van der Waals surface area (Å²) in [6, 6.07) is 0. The third-order valence-corrected chi connectivity index (χ3v) is 0. The topological polar surface area (TPSA) is 43.1 Å². The van der Waals surface area contributed by atoms with Gasteiger partial charge in [0.05, 0.1) is 0 Å². The van der Waals surface area contributed by atoms with Gasteiger partial charge >= 0.3 is 37.7 Å². The fraction of sp³-hybridized carbons (Fsp3) is 0.500. The van der Waals surface area contributed by atoms with Crippen molar-refractivity contribution in [1.82, 2.24) is 0 Å². The molecule has 4 heteroatoms. The molecule has 6 heavy (non-hydrogen) atoms. The summed E-state index contributed by atoms with van der Waals surface area (Å²) in [6.45, 7) is 1.31. The van der Waals surface area contributed by atoms with E-state index >= 15 is 0 Å². The second-order valence-electron chi connectivity index (χ2n) is 0.611. The first kappa shape index (κ1) is 15.7. The number of rotatable bonds is 0. The molecule has 36 valence electrons. The Bertz CT molecular complexity index is 36.5. The van der Waals surface area contributed by atoms with Gasteiger partial charge in [-0.05, 0) is 0 Å². The molecular formula is C2H8CaClNO. The number of amides is 1. The molecule has 0 bridgehead atoms. The third kappa shape index (κ3) is 78.0. The van der Waals surface area contributed by atoms with Crippen molar-refractivity contribution in [2.24, 2.45) is 5.73 Å². The van der Waals surface area contributed by atoms with Gasteiger partial charge in [0.25, 0.3) is 0 Å². The van der Waals surface area contributed by atoms with E-state index in [0.717, 1.165) is 0 Å². The number of hydrogen-bond acceptors (Lipinski definition) is 1. The normalized spacial score (nSPS) is 4.17. The second-order valence-corrected chi connectivity index (χ2v) is 0.611. The van der Waals surface area contributed by atoms with Gasteiger partial charge in [-0.2, -0.15) is 0 Å². The number of hydrogen-bond donors (Lipinski definition) is 1. The molecule has 0 aliphatic rings. The summed E-state index contributed by atoms with van der Waals surface area (Å²) >= 11 is 0. The predicted octanol–water partition coefficient (Wildman–Crippen LogP) is -1.00. The second kappa shape index (κ2) is 9.39. The molecule has 0 fully saturated rings. The summed E-state index contributed by atoms with van der Waals surface area (Å²) in [5.41, 5.74) is 4.47. The van der Waals surface area contributed by atoms with Gasteiger partial charge in [0, 0.05) is 6.92 Å². The summed E-state index contributed by atoms with van der Waals surface area (Å²) < 4.78 is 0. The molecule has 1 amide bonds. The average molecular weight is 138 g/mol. The Morgan fingerprint density at radius 2 is 1.67 bits per heavy atom. The summed E-state index contributed by atoms with van der Waals surface area (Å²) in [4.78, 5) is 9.22. The van der Waals surface area contributed by atoms with Crippen LogP contribution >= 0.6 is 12.4 Å². The van der Waals surface area contributed by atoms with Gasteiger partial charge in [0.2, 0.25) is 5.91 Å². The molecule has 0 aromatic heterocycles. The van der Waals surface area contributed by atoms with Crippen LogP contribution < -0.4 is 5.73 Å². The zero-order valence-electron chi connectivity index (χ0n) is 2.89. The number of halogens is 1. The molecule has 0 aliphatic heterocycles. The van der Waals surface area contributed by atoms with Crippen molar-refractivity contribution >= 4 is 56.1 Å². The van der Waals surface area contributed by atoms with Crippen LogP contribution in [0, 0.1) is 0 Å². The zero-order valence-corrected chi connectivity index (χ0v) is 3.71. The SMILES string of the molecule is CC(N)=O.Cl.[CaH2]. The molecular weight excluding hydrogens is 130 g/mol. The van der Waals surface area contributed by atoms with E-state index in [1.54, 1.807) is 0 Å². The van der Waals surface area contributed by atoms with Crippen molar-refractivity contribution < 1.29 is 4.79 Å². The van der Waals surface area contributed by atoms with Gasteiger partial charge in [-0.25, -0.2) is 0 Å². The van der Waals surface area contributed by atoms with E-state index < -0.39 is 0 Å². The average Bonchev–Trinajstić information content (AvgIpc) is 0.811. The first-order chi connectivity index (χ1) is 1.73. The molecule has 2 N–H and O–H groups in total. The standard InChI is InChI=1S/C2H5NO.Ca.ClH.2H/c1-2(3)4;;;;/h1H3,(H2,3,4);;1H;;. The molecule has 0 aromatic rings. The van der Waals surface area contributed by atoms with Crippen LogP contribution in [0.3, 0.4) is 0 Å². The predicted molar refractivity (Wildman–Crippen MR) is 30.7 cm³/mol. The van der Waals surface area contributed by atoms with E-state index in [2.05, 4.69) is 5.73 Å². The van der Waals surface area contributed by atoms with Crippen molar-refractivity contribution in [3.8, 4) is 0 Å². The Kier molecular flexibility index (Phi) is 24.6. The number of carbonyl (C=O) groups is 1. The molecule has 0 saturated heterocycles. The van der Waals surface area contributed by atoms with Crippen LogP contribution in [-0.2, 0) is 4.79 Å². The van der Waals surface area contributed by atoms with Crippen LogP contribution in [0.5, 0.6) is 0 Å². The Morgan fingerprint density at radius 3 is 1.67 bits per heavy atom. The Hall–Kier alpha value is 1.02. The van der Waals surface area contributed by atoms with Gasteiger partial charge in [-0.3, -0.25) is 4.79 Å². The molecule has 0 aromatic carbocycles. The van der Waals surface area contributed by atoms with Crippen molar-refractivity contribution in [2.75, 3.05) is 0 Å². The number of carbonyl (C=O) groups excluding carboxylic acids is 1. The molecule has 0 rings (SSSR count). The molecule has 0 heterocycles. The Morgan fingerprint density at radius 1 is 1.67 bits per heavy atom. The monoisotopic (exact) mass is 137 g/mol. The Labute approximate surface area is 72.9 Å². The van der Waals surface area contributed by atoms with Gasteiger partial charge < -0.3 is 5.73 Å². The minimum atomic E-state index is -0.333.